The van der Waals surface area contributed by atoms with Crippen molar-refractivity contribution in [1.82, 2.24) is 0 Å². The van der Waals surface area contributed by atoms with Crippen molar-refractivity contribution in [3.05, 3.63) is 59.2 Å². The molecule has 1 amide bonds. The van der Waals surface area contributed by atoms with Gasteiger partial charge >= 0.3 is 0 Å². The minimum absolute atomic E-state index is 0. The van der Waals surface area contributed by atoms with Gasteiger partial charge in [0.15, 0.2) is 0 Å². The van der Waals surface area contributed by atoms with Crippen LogP contribution in [0.3, 0.4) is 0 Å². The summed E-state index contributed by atoms with van der Waals surface area (Å²) < 4.78 is 5.80. The Hall–Kier alpha value is -2.04. The van der Waals surface area contributed by atoms with E-state index in [0.29, 0.717) is 6.61 Å². The predicted molar refractivity (Wildman–Crippen MR) is 96.2 cm³/mol. The van der Waals surface area contributed by atoms with E-state index in [1.54, 1.807) is 6.92 Å². The van der Waals surface area contributed by atoms with Gasteiger partial charge in [0.1, 0.15) is 12.4 Å². The Kier molecular flexibility index (Phi) is 7.07. The molecule has 0 aromatic heterocycles. The Labute approximate surface area is 143 Å². The SMILES string of the molecule is Cc1cccc(COc2ccc(NC(=O)[C@H](C)N)c(C)c2)c1.Cl. The van der Waals surface area contributed by atoms with Gasteiger partial charge in [-0.1, -0.05) is 29.8 Å². The summed E-state index contributed by atoms with van der Waals surface area (Å²) in [6.07, 6.45) is 0. The molecule has 3 N–H and O–H groups in total. The van der Waals surface area contributed by atoms with E-state index in [4.69, 9.17) is 10.5 Å². The number of nitrogens with one attached hydrogen (secondary N) is 1. The van der Waals surface area contributed by atoms with Crippen LogP contribution >= 0.6 is 12.4 Å². The number of ether oxygens (including phenoxy) is 1. The van der Waals surface area contributed by atoms with Crippen molar-refractivity contribution in [2.45, 2.75) is 33.4 Å². The van der Waals surface area contributed by atoms with Gasteiger partial charge in [-0.15, -0.1) is 12.4 Å². The van der Waals surface area contributed by atoms with E-state index < -0.39 is 6.04 Å². The van der Waals surface area contributed by atoms with E-state index >= 15 is 0 Å². The zero-order valence-corrected chi connectivity index (χ0v) is 14.4. The van der Waals surface area contributed by atoms with E-state index in [9.17, 15) is 4.79 Å². The topological polar surface area (TPSA) is 64.3 Å². The van der Waals surface area contributed by atoms with Crippen molar-refractivity contribution in [1.29, 1.82) is 0 Å². The minimum atomic E-state index is -0.531. The summed E-state index contributed by atoms with van der Waals surface area (Å²) in [7, 11) is 0. The first kappa shape index (κ1) is 19.0. The fraction of sp³-hybridized carbons (Fsp3) is 0.278. The van der Waals surface area contributed by atoms with Crippen molar-refractivity contribution in [2.24, 2.45) is 5.73 Å². The van der Waals surface area contributed by atoms with E-state index in [-0.39, 0.29) is 18.3 Å². The van der Waals surface area contributed by atoms with Gasteiger partial charge in [0.05, 0.1) is 6.04 Å². The van der Waals surface area contributed by atoms with Crippen LogP contribution in [0.15, 0.2) is 42.5 Å². The second kappa shape index (κ2) is 8.56. The van der Waals surface area contributed by atoms with Crippen molar-refractivity contribution in [3.8, 4) is 5.75 Å². The molecule has 124 valence electrons. The van der Waals surface area contributed by atoms with Gasteiger partial charge in [-0.3, -0.25) is 4.79 Å². The van der Waals surface area contributed by atoms with Gasteiger partial charge < -0.3 is 15.8 Å². The maximum absolute atomic E-state index is 11.6. The molecule has 1 atom stereocenters. The first-order chi connectivity index (χ1) is 10.5. The number of carbonyl (C=O) groups excluding carboxylic acids is 1. The summed E-state index contributed by atoms with van der Waals surface area (Å²) in [6, 6.07) is 13.3. The number of hydrogen-bond acceptors (Lipinski definition) is 3. The molecule has 2 aromatic rings. The molecular weight excluding hydrogens is 312 g/mol. The van der Waals surface area contributed by atoms with Crippen LogP contribution < -0.4 is 15.8 Å². The monoisotopic (exact) mass is 334 g/mol. The number of halogens is 1. The zero-order chi connectivity index (χ0) is 16.1. The summed E-state index contributed by atoms with van der Waals surface area (Å²) in [4.78, 5) is 11.6. The van der Waals surface area contributed by atoms with E-state index in [0.717, 1.165) is 22.6 Å². The molecule has 0 aliphatic rings. The second-order valence-corrected chi connectivity index (χ2v) is 5.53. The number of nitrogens with two attached hydrogens (primary N) is 1. The highest BCUT2D eigenvalue weighted by molar-refractivity contribution is 5.95. The molecule has 0 radical (unpaired) electrons. The van der Waals surface area contributed by atoms with Crippen molar-refractivity contribution in [3.63, 3.8) is 0 Å². The minimum Gasteiger partial charge on any atom is -0.489 e. The lowest BCUT2D eigenvalue weighted by Crippen LogP contribution is -2.32. The highest BCUT2D eigenvalue weighted by Gasteiger charge is 2.09. The maximum atomic E-state index is 11.6. The molecule has 2 rings (SSSR count). The van der Waals surface area contributed by atoms with Gasteiger partial charge in [-0.25, -0.2) is 0 Å². The Morgan fingerprint density at radius 3 is 2.57 bits per heavy atom. The largest absolute Gasteiger partial charge is 0.489 e. The van der Waals surface area contributed by atoms with Crippen molar-refractivity contribution in [2.75, 3.05) is 5.32 Å². The molecule has 0 aliphatic carbocycles. The number of carbonyl (C=O) groups is 1. The predicted octanol–water partition coefficient (Wildman–Crippen LogP) is 3.59. The molecule has 4 nitrogen and oxygen atoms in total. The quantitative estimate of drug-likeness (QED) is 0.878. The summed E-state index contributed by atoms with van der Waals surface area (Å²) in [5.41, 5.74) is 9.59. The lowest BCUT2D eigenvalue weighted by molar-refractivity contribution is -0.117. The smallest absolute Gasteiger partial charge is 0.241 e. The lowest BCUT2D eigenvalue weighted by Gasteiger charge is -2.13. The number of benzene rings is 2. The summed E-state index contributed by atoms with van der Waals surface area (Å²) in [6.45, 7) is 6.16. The van der Waals surface area contributed by atoms with Crippen molar-refractivity contribution < 1.29 is 9.53 Å². The van der Waals surface area contributed by atoms with Crippen LogP contribution in [0.1, 0.15) is 23.6 Å². The molecular formula is C18H23ClN2O2. The molecule has 0 bridgehead atoms. The fourth-order valence-corrected chi connectivity index (χ4v) is 2.08. The van der Waals surface area contributed by atoms with Crippen LogP contribution in [-0.4, -0.2) is 11.9 Å². The summed E-state index contributed by atoms with van der Waals surface area (Å²) >= 11 is 0. The molecule has 0 heterocycles. The first-order valence-corrected chi connectivity index (χ1v) is 7.31. The van der Waals surface area contributed by atoms with Crippen LogP contribution in [0.25, 0.3) is 0 Å². The zero-order valence-electron chi connectivity index (χ0n) is 13.6. The van der Waals surface area contributed by atoms with E-state index in [1.807, 2.05) is 37.3 Å². The summed E-state index contributed by atoms with van der Waals surface area (Å²) in [5.74, 6) is 0.578. The normalized spacial score (nSPS) is 11.3. The van der Waals surface area contributed by atoms with Gasteiger partial charge in [-0.2, -0.15) is 0 Å². The standard InChI is InChI=1S/C18H22N2O2.ClH/c1-12-5-4-6-15(9-12)11-22-16-7-8-17(13(2)10-16)20-18(21)14(3)19;/h4-10,14H,11,19H2,1-3H3,(H,20,21);1H/t14-;/m0./s1. The van der Waals surface area contributed by atoms with Gasteiger partial charge in [0, 0.05) is 5.69 Å². The Morgan fingerprint density at radius 1 is 1.22 bits per heavy atom. The molecule has 0 aliphatic heterocycles. The van der Waals surface area contributed by atoms with Gasteiger partial charge in [0.25, 0.3) is 0 Å². The third-order valence-electron chi connectivity index (χ3n) is 3.36. The van der Waals surface area contributed by atoms with E-state index in [1.165, 1.54) is 5.56 Å². The van der Waals surface area contributed by atoms with Crippen LogP contribution in [0.4, 0.5) is 5.69 Å². The second-order valence-electron chi connectivity index (χ2n) is 5.53. The average molecular weight is 335 g/mol. The van der Waals surface area contributed by atoms with E-state index in [2.05, 4.69) is 24.4 Å². The third kappa shape index (κ3) is 5.58. The number of anilines is 1. The third-order valence-corrected chi connectivity index (χ3v) is 3.36. The molecule has 23 heavy (non-hydrogen) atoms. The van der Waals surface area contributed by atoms with Crippen LogP contribution in [0, 0.1) is 13.8 Å². The summed E-state index contributed by atoms with van der Waals surface area (Å²) in [5, 5.41) is 2.80. The fourth-order valence-electron chi connectivity index (χ4n) is 2.08. The number of amides is 1. The molecule has 0 saturated carbocycles. The number of hydrogen-bond donors (Lipinski definition) is 2. The number of aryl methyl sites for hydroxylation is 2. The van der Waals surface area contributed by atoms with Crippen molar-refractivity contribution >= 4 is 24.0 Å². The first-order valence-electron chi connectivity index (χ1n) is 7.31. The molecule has 0 spiro atoms. The maximum Gasteiger partial charge on any atom is 0.241 e. The Morgan fingerprint density at radius 2 is 1.96 bits per heavy atom. The molecule has 0 unspecified atom stereocenters. The highest BCUT2D eigenvalue weighted by Crippen LogP contribution is 2.22. The lowest BCUT2D eigenvalue weighted by atomic mass is 10.1. The molecule has 5 heteroatoms. The molecule has 0 fully saturated rings. The number of rotatable bonds is 5. The van der Waals surface area contributed by atoms with Gasteiger partial charge in [-0.05, 0) is 50.1 Å². The average Bonchev–Trinajstić information content (AvgIpc) is 2.47. The molecule has 0 saturated heterocycles. The van der Waals surface area contributed by atoms with Crippen LogP contribution in [0.2, 0.25) is 0 Å². The van der Waals surface area contributed by atoms with Crippen LogP contribution in [-0.2, 0) is 11.4 Å². The van der Waals surface area contributed by atoms with Gasteiger partial charge in [0.2, 0.25) is 5.91 Å². The Balaban J connectivity index is 0.00000264. The van der Waals surface area contributed by atoms with Crippen LogP contribution in [0.5, 0.6) is 5.75 Å². The molecule has 2 aromatic carbocycles. The Bertz CT molecular complexity index is 672. The highest BCUT2D eigenvalue weighted by atomic mass is 35.5.